The maximum absolute atomic E-state index is 9.38. The molecule has 0 heterocycles. The fraction of sp³-hybridized carbons (Fsp3) is 0.422. The Bertz CT molecular complexity index is 1360. The third-order valence-electron chi connectivity index (χ3n) is 8.72. The SMILES string of the molecule is CC(C)=CCC/C(C)=C/C=C/C(C)=C/C=C/C(C)=C/C=C/C=C(C)/C=C/C=C(C)/C=C/[C@H]1C(C)=CCC(C/C=C(\C)CO)C1(C)C. The Labute approximate surface area is 284 Å². The Morgan fingerprint density at radius 3 is 1.72 bits per heavy atom. The zero-order valence-electron chi connectivity index (χ0n) is 31.0. The number of aliphatic hydroxyl groups excluding tert-OH is 1. The standard InChI is InChI=1S/C45H64O/c1-35(2)18-14-21-38(5)24-16-26-39(6)25-15-22-36(3)19-12-13-20-37(4)23-17-27-40(7)29-33-44-42(9)30-32-43(45(44,10)11)31-28-41(8)34-46/h12-13,15-20,22-30,33,43-44,46H,14,21,31-32,34H2,1-11H3/b13-12+,22-15+,23-17+,26-16+,33-29+,36-19+,37-20+,38-24+,39-25+,40-27+,41-28+/t43?,44-/m0/s1. The first-order chi connectivity index (χ1) is 21.8. The lowest BCUT2D eigenvalue weighted by molar-refractivity contribution is 0.154. The summed E-state index contributed by atoms with van der Waals surface area (Å²) in [7, 11) is 0. The van der Waals surface area contributed by atoms with Crippen molar-refractivity contribution in [3.05, 3.63) is 154 Å². The largest absolute Gasteiger partial charge is 0.392 e. The predicted molar refractivity (Wildman–Crippen MR) is 208 cm³/mol. The van der Waals surface area contributed by atoms with Gasteiger partial charge in [0.1, 0.15) is 0 Å². The molecule has 0 radical (unpaired) electrons. The van der Waals surface area contributed by atoms with E-state index in [0.717, 1.165) is 31.3 Å². The first kappa shape index (κ1) is 40.6. The molecule has 0 aliphatic heterocycles. The minimum absolute atomic E-state index is 0.148. The van der Waals surface area contributed by atoms with E-state index in [1.165, 1.54) is 39.0 Å². The van der Waals surface area contributed by atoms with Crippen LogP contribution in [0, 0.1) is 17.3 Å². The molecule has 0 aromatic rings. The molecule has 1 unspecified atom stereocenters. The minimum atomic E-state index is 0.148. The average Bonchev–Trinajstić information content (AvgIpc) is 2.98. The normalized spacial score (nSPS) is 21.1. The fourth-order valence-electron chi connectivity index (χ4n) is 5.43. The Balaban J connectivity index is 2.68. The van der Waals surface area contributed by atoms with Crippen molar-refractivity contribution in [1.29, 1.82) is 0 Å². The van der Waals surface area contributed by atoms with Crippen LogP contribution in [0.15, 0.2) is 154 Å². The van der Waals surface area contributed by atoms with Gasteiger partial charge in [-0.2, -0.15) is 0 Å². The topological polar surface area (TPSA) is 20.2 Å². The molecule has 1 aliphatic rings. The van der Waals surface area contributed by atoms with E-state index in [0.29, 0.717) is 11.8 Å². The molecule has 0 bridgehead atoms. The van der Waals surface area contributed by atoms with Gasteiger partial charge in [0.25, 0.3) is 0 Å². The van der Waals surface area contributed by atoms with Crippen LogP contribution in [-0.2, 0) is 0 Å². The Hall–Kier alpha value is -3.42. The molecule has 1 heteroatoms. The summed E-state index contributed by atoms with van der Waals surface area (Å²) in [5.41, 5.74) is 10.4. The van der Waals surface area contributed by atoms with E-state index in [2.05, 4.69) is 179 Å². The molecule has 2 atom stereocenters. The van der Waals surface area contributed by atoms with E-state index < -0.39 is 0 Å². The highest BCUT2D eigenvalue weighted by atomic mass is 16.3. The van der Waals surface area contributed by atoms with E-state index in [1.54, 1.807) is 0 Å². The molecule has 250 valence electrons. The Kier molecular flexibility index (Phi) is 19.6. The number of rotatable bonds is 16. The number of allylic oxidation sites excluding steroid dienone is 25. The molecule has 1 rings (SSSR count). The summed E-state index contributed by atoms with van der Waals surface area (Å²) in [4.78, 5) is 0. The zero-order chi connectivity index (χ0) is 34.5. The second-order valence-electron chi connectivity index (χ2n) is 13.9. The van der Waals surface area contributed by atoms with Gasteiger partial charge in [0.15, 0.2) is 0 Å². The van der Waals surface area contributed by atoms with Crippen LogP contribution in [0.2, 0.25) is 0 Å². The molecule has 1 aliphatic carbocycles. The highest BCUT2D eigenvalue weighted by molar-refractivity contribution is 5.33. The van der Waals surface area contributed by atoms with Crippen molar-refractivity contribution < 1.29 is 5.11 Å². The summed E-state index contributed by atoms with van der Waals surface area (Å²) in [6.45, 7) is 24.3. The summed E-state index contributed by atoms with van der Waals surface area (Å²) < 4.78 is 0. The predicted octanol–water partition coefficient (Wildman–Crippen LogP) is 13.2. The van der Waals surface area contributed by atoms with Gasteiger partial charge in [0.2, 0.25) is 0 Å². The van der Waals surface area contributed by atoms with Crippen LogP contribution in [0.3, 0.4) is 0 Å². The molecule has 46 heavy (non-hydrogen) atoms. The number of hydrogen-bond donors (Lipinski definition) is 1. The lowest BCUT2D eigenvalue weighted by atomic mass is 9.61. The first-order valence-corrected chi connectivity index (χ1v) is 17.1. The third kappa shape index (κ3) is 17.3. The van der Waals surface area contributed by atoms with Crippen molar-refractivity contribution in [3.63, 3.8) is 0 Å². The van der Waals surface area contributed by atoms with E-state index in [1.807, 2.05) is 6.92 Å². The van der Waals surface area contributed by atoms with Crippen molar-refractivity contribution in [1.82, 2.24) is 0 Å². The van der Waals surface area contributed by atoms with Gasteiger partial charge in [-0.3, -0.25) is 0 Å². The van der Waals surface area contributed by atoms with Crippen molar-refractivity contribution in [2.24, 2.45) is 17.3 Å². The van der Waals surface area contributed by atoms with Gasteiger partial charge in [-0.15, -0.1) is 0 Å². The van der Waals surface area contributed by atoms with Crippen LogP contribution in [0.25, 0.3) is 0 Å². The van der Waals surface area contributed by atoms with Crippen LogP contribution in [0.5, 0.6) is 0 Å². The van der Waals surface area contributed by atoms with Crippen molar-refractivity contribution in [2.45, 2.75) is 102 Å². The van der Waals surface area contributed by atoms with Crippen LogP contribution in [-0.4, -0.2) is 11.7 Å². The molecule has 1 nitrogen and oxygen atoms in total. The smallest absolute Gasteiger partial charge is 0.0639 e. The highest BCUT2D eigenvalue weighted by Crippen LogP contribution is 2.47. The zero-order valence-corrected chi connectivity index (χ0v) is 31.0. The molecule has 0 fully saturated rings. The molecule has 0 saturated carbocycles. The summed E-state index contributed by atoms with van der Waals surface area (Å²) in [6.07, 6.45) is 43.8. The minimum Gasteiger partial charge on any atom is -0.392 e. The molecule has 0 amide bonds. The Morgan fingerprint density at radius 1 is 0.696 bits per heavy atom. The first-order valence-electron chi connectivity index (χ1n) is 17.1. The van der Waals surface area contributed by atoms with Gasteiger partial charge in [-0.1, -0.05) is 168 Å². The van der Waals surface area contributed by atoms with E-state index >= 15 is 0 Å². The second-order valence-corrected chi connectivity index (χ2v) is 13.9. The van der Waals surface area contributed by atoms with Crippen molar-refractivity contribution in [3.8, 4) is 0 Å². The van der Waals surface area contributed by atoms with Crippen molar-refractivity contribution in [2.75, 3.05) is 6.61 Å². The van der Waals surface area contributed by atoms with E-state index in [4.69, 9.17) is 0 Å². The molecule has 1 N–H and O–H groups in total. The third-order valence-corrected chi connectivity index (χ3v) is 8.72. The van der Waals surface area contributed by atoms with Gasteiger partial charge in [-0.25, -0.2) is 0 Å². The average molecular weight is 621 g/mol. The monoisotopic (exact) mass is 620 g/mol. The van der Waals surface area contributed by atoms with Gasteiger partial charge in [-0.05, 0) is 99.3 Å². The Morgan fingerprint density at radius 2 is 1.20 bits per heavy atom. The molecule has 0 aromatic heterocycles. The van der Waals surface area contributed by atoms with Crippen LogP contribution in [0.4, 0.5) is 0 Å². The van der Waals surface area contributed by atoms with Gasteiger partial charge in [0, 0.05) is 5.92 Å². The maximum Gasteiger partial charge on any atom is 0.0639 e. The molecule has 0 spiro atoms. The fourth-order valence-corrected chi connectivity index (χ4v) is 5.43. The summed E-state index contributed by atoms with van der Waals surface area (Å²) in [5.74, 6) is 0.983. The molecule has 0 aromatic carbocycles. The van der Waals surface area contributed by atoms with Crippen LogP contribution < -0.4 is 0 Å². The molecular formula is C45H64O. The van der Waals surface area contributed by atoms with Crippen molar-refractivity contribution >= 4 is 0 Å². The summed E-state index contributed by atoms with van der Waals surface area (Å²) in [6, 6.07) is 0. The summed E-state index contributed by atoms with van der Waals surface area (Å²) in [5, 5.41) is 9.38. The number of hydrogen-bond acceptors (Lipinski definition) is 1. The van der Waals surface area contributed by atoms with E-state index in [-0.39, 0.29) is 12.0 Å². The lowest BCUT2D eigenvalue weighted by Gasteiger charge is -2.43. The van der Waals surface area contributed by atoms with Gasteiger partial charge < -0.3 is 5.11 Å². The van der Waals surface area contributed by atoms with Crippen LogP contribution in [0.1, 0.15) is 102 Å². The quantitative estimate of drug-likeness (QED) is 0.134. The second kappa shape index (κ2) is 22.2. The number of aliphatic hydroxyl groups is 1. The van der Waals surface area contributed by atoms with Crippen LogP contribution >= 0.6 is 0 Å². The van der Waals surface area contributed by atoms with Gasteiger partial charge >= 0.3 is 0 Å². The van der Waals surface area contributed by atoms with Gasteiger partial charge in [0.05, 0.1) is 6.61 Å². The summed E-state index contributed by atoms with van der Waals surface area (Å²) >= 11 is 0. The lowest BCUT2D eigenvalue weighted by Crippen LogP contribution is -2.35. The molecular weight excluding hydrogens is 556 g/mol. The molecule has 0 saturated heterocycles. The highest BCUT2D eigenvalue weighted by Gasteiger charge is 2.38. The maximum atomic E-state index is 9.38. The van der Waals surface area contributed by atoms with E-state index in [9.17, 15) is 5.11 Å².